The monoisotopic (exact) mass is 1420 g/mol. The quantitative estimate of drug-likeness (QED) is 0.0319. The van der Waals surface area contributed by atoms with E-state index in [-0.39, 0.29) is 141 Å². The van der Waals surface area contributed by atoms with E-state index in [2.05, 4.69) is 32.4 Å². The maximum atomic E-state index is 14.5. The summed E-state index contributed by atoms with van der Waals surface area (Å²) in [7, 11) is 2.98. The van der Waals surface area contributed by atoms with Crippen LogP contribution in [-0.4, -0.2) is 143 Å². The van der Waals surface area contributed by atoms with Gasteiger partial charge in [-0.15, -0.1) is 0 Å². The second-order valence-corrected chi connectivity index (χ2v) is 28.3. The molecule has 2 fully saturated rings. The maximum Gasteiger partial charge on any atom is 0.416 e. The van der Waals surface area contributed by atoms with Gasteiger partial charge in [-0.25, -0.2) is 9.69 Å². The Morgan fingerprint density at radius 2 is 1.39 bits per heavy atom. The number of nitrogens with zero attached hydrogens (tertiary/aromatic N) is 6. The number of aliphatic hydroxyl groups is 1. The van der Waals surface area contributed by atoms with Crippen molar-refractivity contribution < 1.29 is 71.9 Å². The standard InChI is InChI=1S/C82H84N8O15/c1-49(2)62(39-61(92)44-85-75(94)27-24-60(91)25-28-76(95)88-45-57-13-7-6-11-53(57)19-20-54-12-8-9-14-67(54)88)77(96)86-50(3)70(93)35-51-15-17-52(18-16-51)47-105-81(100)90-68-42-74(72(102-5)41-64(68)79(98)89-48-82(29-30-82)43-69(89)80(90)99)104-34-10-33-103-73-38-56-21-23-59-36-58(46-87(59)78(97)63(56)40-71(73)101-4)55-22-26-65-66(37-55)84-32-31-83-65/h6-9,11-18,22,26,31-32,37-38,40-42,46,49-50,59,62,69,80,99H,10,21,23-25,27-30,33-36,39,43-45,47-48H2,1-5H3,(H,85,94)(H,86,96)/t50-,59+,62-,69-,80?/m0/s1. The molecule has 1 aromatic heterocycles. The number of fused-ring (bicyclic) bond motifs is 7. The number of Topliss-reactive ketones (excluding diaryl/α,β-unsaturated/α-hetero) is 3. The number of amides is 6. The van der Waals surface area contributed by atoms with Gasteiger partial charge in [-0.3, -0.25) is 48.3 Å². The van der Waals surface area contributed by atoms with E-state index in [0.29, 0.717) is 71.7 Å². The lowest BCUT2D eigenvalue weighted by atomic mass is 9.89. The second kappa shape index (κ2) is 31.4. The van der Waals surface area contributed by atoms with Gasteiger partial charge in [-0.05, 0) is 139 Å². The number of hydrogen-bond donors (Lipinski definition) is 3. The number of nitrogens with one attached hydrogen (secondary N) is 2. The Morgan fingerprint density at radius 3 is 2.13 bits per heavy atom. The van der Waals surface area contributed by atoms with Crippen molar-refractivity contribution in [3.8, 4) is 34.8 Å². The normalized spacial score (nSPS) is 17.8. The molecule has 105 heavy (non-hydrogen) atoms. The number of benzene rings is 6. The van der Waals surface area contributed by atoms with E-state index >= 15 is 0 Å². The summed E-state index contributed by atoms with van der Waals surface area (Å²) in [5, 5.41) is 17.6. The minimum Gasteiger partial charge on any atom is -0.493 e. The van der Waals surface area contributed by atoms with Crippen LogP contribution in [0.4, 0.5) is 16.2 Å². The fourth-order valence-corrected chi connectivity index (χ4v) is 14.6. The number of methoxy groups -OCH3 is 2. The van der Waals surface area contributed by atoms with E-state index in [0.717, 1.165) is 63.0 Å². The second-order valence-electron chi connectivity index (χ2n) is 28.3. The largest absolute Gasteiger partial charge is 0.493 e. The first-order valence-electron chi connectivity index (χ1n) is 35.8. The Labute approximate surface area is 608 Å². The first-order valence-corrected chi connectivity index (χ1v) is 35.8. The highest BCUT2D eigenvalue weighted by atomic mass is 16.6. The highest BCUT2D eigenvalue weighted by molar-refractivity contribution is 6.06. The van der Waals surface area contributed by atoms with Gasteiger partial charge in [-0.1, -0.05) is 86.4 Å². The highest BCUT2D eigenvalue weighted by Crippen LogP contribution is 2.57. The molecule has 6 heterocycles. The van der Waals surface area contributed by atoms with Gasteiger partial charge in [0, 0.05) is 105 Å². The zero-order valence-electron chi connectivity index (χ0n) is 59.4. The van der Waals surface area contributed by atoms with Crippen LogP contribution in [0.15, 0.2) is 134 Å². The summed E-state index contributed by atoms with van der Waals surface area (Å²) in [6.45, 7) is 5.56. The third-order valence-corrected chi connectivity index (χ3v) is 20.8. The molecule has 13 rings (SSSR count). The first-order chi connectivity index (χ1) is 50.7. The number of anilines is 2. The zero-order valence-corrected chi connectivity index (χ0v) is 59.4. The third-order valence-electron chi connectivity index (χ3n) is 20.8. The lowest BCUT2D eigenvalue weighted by molar-refractivity contribution is -0.133. The van der Waals surface area contributed by atoms with Crippen LogP contribution in [0.3, 0.4) is 0 Å². The molecule has 1 saturated heterocycles. The predicted octanol–water partition coefficient (Wildman–Crippen LogP) is 10.2. The summed E-state index contributed by atoms with van der Waals surface area (Å²) in [5.41, 5.74) is 9.37. The molecule has 1 aliphatic carbocycles. The van der Waals surface area contributed by atoms with Crippen molar-refractivity contribution >= 4 is 81.0 Å². The Morgan fingerprint density at radius 1 is 0.705 bits per heavy atom. The molecule has 5 atom stereocenters. The highest BCUT2D eigenvalue weighted by Gasteiger charge is 2.58. The van der Waals surface area contributed by atoms with Crippen molar-refractivity contribution in [2.45, 2.75) is 142 Å². The first kappa shape index (κ1) is 72.1. The SMILES string of the molecule is COc1cc2c(cc1OCCCOc1cc3c(cc1OC)C(=O)N1CC4(CC4)C[C@H]1C(O)N3C(=O)OCc1ccc(CC(=O)[C@H](C)NC(=O)[C@@H](CC(=O)CNC(=O)CCC(=O)CCC(=O)N3Cc4ccccc4C#Cc4ccccc43)C(C)C)cc1)CC[C@@H]1CC(c3ccc4nccnc4c3)=CN1C2=O. The van der Waals surface area contributed by atoms with Crippen LogP contribution in [0, 0.1) is 29.1 Å². The molecule has 5 aliphatic heterocycles. The molecule has 6 aliphatic rings. The van der Waals surface area contributed by atoms with Crippen LogP contribution in [0.1, 0.15) is 151 Å². The third kappa shape index (κ3) is 16.1. The van der Waals surface area contributed by atoms with Gasteiger partial charge in [0.2, 0.25) is 17.7 Å². The lowest BCUT2D eigenvalue weighted by Gasteiger charge is -2.31. The number of carbonyl (C=O) groups excluding carboxylic acids is 9. The lowest BCUT2D eigenvalue weighted by Crippen LogP contribution is -2.50. The zero-order chi connectivity index (χ0) is 73.6. The van der Waals surface area contributed by atoms with Crippen LogP contribution in [0.2, 0.25) is 0 Å². The number of para-hydroxylation sites is 1. The summed E-state index contributed by atoms with van der Waals surface area (Å²) in [6.07, 6.45) is 6.93. The number of aryl methyl sites for hydroxylation is 1. The minimum atomic E-state index is -1.48. The fourth-order valence-electron chi connectivity index (χ4n) is 14.6. The molecule has 23 nitrogen and oxygen atoms in total. The predicted molar refractivity (Wildman–Crippen MR) is 389 cm³/mol. The van der Waals surface area contributed by atoms with Gasteiger partial charge < -0.3 is 54.1 Å². The summed E-state index contributed by atoms with van der Waals surface area (Å²) < 4.78 is 30.1. The van der Waals surface area contributed by atoms with Gasteiger partial charge in [0.25, 0.3) is 11.8 Å². The summed E-state index contributed by atoms with van der Waals surface area (Å²) in [6, 6.07) is 32.7. The Kier molecular flexibility index (Phi) is 21.5. The topological polar surface area (TPSA) is 283 Å². The number of carbonyl (C=O) groups is 9. The molecular formula is C82H84N8O15. The van der Waals surface area contributed by atoms with E-state index in [1.54, 1.807) is 73.3 Å². The van der Waals surface area contributed by atoms with Gasteiger partial charge in [0.15, 0.2) is 40.8 Å². The van der Waals surface area contributed by atoms with E-state index in [1.807, 2.05) is 83.9 Å². The number of rotatable bonds is 27. The van der Waals surface area contributed by atoms with Gasteiger partial charge in [0.05, 0.1) is 80.6 Å². The molecule has 0 radical (unpaired) electrons. The van der Waals surface area contributed by atoms with E-state index in [1.165, 1.54) is 26.4 Å². The van der Waals surface area contributed by atoms with Crippen LogP contribution in [0.5, 0.6) is 23.0 Å². The Bertz CT molecular complexity index is 4690. The van der Waals surface area contributed by atoms with Crippen molar-refractivity contribution in [2.24, 2.45) is 17.3 Å². The molecule has 3 N–H and O–H groups in total. The van der Waals surface area contributed by atoms with Crippen LogP contribution in [0.25, 0.3) is 16.6 Å². The average Bonchev–Trinajstić information content (AvgIpc) is 1.56. The van der Waals surface area contributed by atoms with E-state index < -0.39 is 47.9 Å². The van der Waals surface area contributed by atoms with Crippen LogP contribution in [-0.2, 0) is 59.5 Å². The van der Waals surface area contributed by atoms with Crippen LogP contribution < -0.4 is 39.4 Å². The Balaban J connectivity index is 0.573. The molecular weight excluding hydrogens is 1340 g/mol. The number of ether oxygens (including phenoxy) is 5. The molecule has 1 spiro atoms. The summed E-state index contributed by atoms with van der Waals surface area (Å²) in [5.74, 6) is 3.82. The van der Waals surface area contributed by atoms with Crippen molar-refractivity contribution in [1.82, 2.24) is 30.4 Å². The van der Waals surface area contributed by atoms with Crippen molar-refractivity contribution in [1.29, 1.82) is 0 Å². The summed E-state index contributed by atoms with van der Waals surface area (Å²) in [4.78, 5) is 138. The number of aliphatic hydroxyl groups excluding tert-OH is 1. The molecule has 6 amide bonds. The van der Waals surface area contributed by atoms with Gasteiger partial charge >= 0.3 is 6.09 Å². The maximum absolute atomic E-state index is 14.5. The molecule has 1 unspecified atom stereocenters. The van der Waals surface area contributed by atoms with Crippen molar-refractivity contribution in [3.05, 3.63) is 184 Å². The van der Waals surface area contributed by atoms with Crippen molar-refractivity contribution in [2.75, 3.05) is 50.3 Å². The molecule has 6 aromatic carbocycles. The molecule has 7 aromatic rings. The van der Waals surface area contributed by atoms with E-state index in [4.69, 9.17) is 23.7 Å². The summed E-state index contributed by atoms with van der Waals surface area (Å²) >= 11 is 0. The molecule has 23 heteroatoms. The number of ketones is 3. The van der Waals surface area contributed by atoms with Crippen LogP contribution >= 0.6 is 0 Å². The Hall–Kier alpha value is -11.3. The van der Waals surface area contributed by atoms with E-state index in [9.17, 15) is 48.3 Å². The average molecular weight is 1420 g/mol. The van der Waals surface area contributed by atoms with Gasteiger partial charge in [-0.2, -0.15) is 0 Å². The van der Waals surface area contributed by atoms with Crippen molar-refractivity contribution in [3.63, 3.8) is 0 Å². The minimum absolute atomic E-state index is 0.0201. The number of hydrogen-bond acceptors (Lipinski definition) is 17. The number of aromatic nitrogens is 2. The smallest absolute Gasteiger partial charge is 0.416 e. The molecule has 542 valence electrons. The fraction of sp³-hybridized carbons (Fsp3) is 0.378. The molecule has 0 bridgehead atoms. The molecule has 1 saturated carbocycles. The van der Waals surface area contributed by atoms with Gasteiger partial charge in [0.1, 0.15) is 12.4 Å².